The summed E-state index contributed by atoms with van der Waals surface area (Å²) in [5.41, 5.74) is 1.13. The lowest BCUT2D eigenvalue weighted by Gasteiger charge is -2.35. The molecule has 1 fully saturated rings. The Morgan fingerprint density at radius 3 is 2.57 bits per heavy atom. The zero-order valence-electron chi connectivity index (χ0n) is 18.7. The van der Waals surface area contributed by atoms with Gasteiger partial charge in [-0.2, -0.15) is 8.78 Å². The Morgan fingerprint density at radius 1 is 1.06 bits per heavy atom. The summed E-state index contributed by atoms with van der Waals surface area (Å²) >= 11 is 0. The highest BCUT2D eigenvalue weighted by atomic mass is 19.3. The molecule has 0 bridgehead atoms. The van der Waals surface area contributed by atoms with Crippen molar-refractivity contribution in [1.82, 2.24) is 9.88 Å². The SMILES string of the molecule is O=C1/C(=C/c2ccccc2OC(F)F)Oc2c1ccc(O)c2CN1CCN(c2ccccn2)CC1. The average Bonchev–Trinajstić information content (AvgIpc) is 3.18. The molecule has 3 aromatic rings. The summed E-state index contributed by atoms with van der Waals surface area (Å²) in [5.74, 6) is 0.795. The van der Waals surface area contributed by atoms with Crippen molar-refractivity contribution in [3.8, 4) is 17.2 Å². The second-order valence-electron chi connectivity index (χ2n) is 8.25. The third-order valence-corrected chi connectivity index (χ3v) is 6.07. The molecule has 7 nitrogen and oxygen atoms in total. The van der Waals surface area contributed by atoms with Crippen molar-refractivity contribution < 1.29 is 28.2 Å². The van der Waals surface area contributed by atoms with Crippen LogP contribution in [0.25, 0.3) is 6.08 Å². The maximum atomic E-state index is 13.0. The number of carbonyl (C=O) groups is 1. The van der Waals surface area contributed by atoms with Gasteiger partial charge in [0.1, 0.15) is 23.1 Å². The number of hydrogen-bond acceptors (Lipinski definition) is 7. The second kappa shape index (κ2) is 9.71. The van der Waals surface area contributed by atoms with Gasteiger partial charge in [0.2, 0.25) is 5.78 Å². The van der Waals surface area contributed by atoms with E-state index in [-0.39, 0.29) is 23.0 Å². The van der Waals surface area contributed by atoms with E-state index in [0.29, 0.717) is 29.0 Å². The van der Waals surface area contributed by atoms with Gasteiger partial charge in [-0.15, -0.1) is 0 Å². The van der Waals surface area contributed by atoms with Crippen LogP contribution in [0.3, 0.4) is 0 Å². The van der Waals surface area contributed by atoms with E-state index in [2.05, 4.69) is 19.5 Å². The molecule has 0 saturated carbocycles. The molecular formula is C26H23F2N3O4. The fourth-order valence-corrected chi connectivity index (χ4v) is 4.29. The van der Waals surface area contributed by atoms with Gasteiger partial charge in [0, 0.05) is 44.5 Å². The molecule has 5 rings (SSSR count). The van der Waals surface area contributed by atoms with Crippen molar-refractivity contribution >= 4 is 17.7 Å². The number of aromatic hydroxyl groups is 1. The average molecular weight is 479 g/mol. The van der Waals surface area contributed by atoms with Crippen LogP contribution >= 0.6 is 0 Å². The van der Waals surface area contributed by atoms with Crippen LogP contribution in [0.5, 0.6) is 17.2 Å². The number of Topliss-reactive ketones (excluding diaryl/α,β-unsaturated/α-hetero) is 1. The minimum absolute atomic E-state index is 0.0165. The van der Waals surface area contributed by atoms with Gasteiger partial charge in [-0.1, -0.05) is 24.3 Å². The third-order valence-electron chi connectivity index (χ3n) is 6.07. The van der Waals surface area contributed by atoms with Gasteiger partial charge in [0.15, 0.2) is 5.76 Å². The summed E-state index contributed by atoms with van der Waals surface area (Å²) in [6.07, 6.45) is 3.15. The number of alkyl halides is 2. The minimum Gasteiger partial charge on any atom is -0.507 e. The number of halogens is 2. The molecule has 0 spiro atoms. The van der Waals surface area contributed by atoms with Gasteiger partial charge >= 0.3 is 6.61 Å². The van der Waals surface area contributed by atoms with Crippen molar-refractivity contribution in [3.05, 3.63) is 83.2 Å². The van der Waals surface area contributed by atoms with E-state index in [9.17, 15) is 18.7 Å². The molecule has 3 heterocycles. The predicted octanol–water partition coefficient (Wildman–Crippen LogP) is 4.33. The summed E-state index contributed by atoms with van der Waals surface area (Å²) in [5, 5.41) is 10.6. The number of anilines is 1. The number of ketones is 1. The molecule has 1 N–H and O–H groups in total. The highest BCUT2D eigenvalue weighted by Gasteiger charge is 2.32. The Labute approximate surface area is 200 Å². The number of phenols is 1. The second-order valence-corrected chi connectivity index (χ2v) is 8.25. The molecule has 0 unspecified atom stereocenters. The fourth-order valence-electron chi connectivity index (χ4n) is 4.29. The lowest BCUT2D eigenvalue weighted by atomic mass is 10.0. The molecule has 2 aromatic carbocycles. The summed E-state index contributed by atoms with van der Waals surface area (Å²) in [6, 6.07) is 15.0. The minimum atomic E-state index is -2.99. The number of nitrogens with zero attached hydrogens (tertiary/aromatic N) is 3. The lowest BCUT2D eigenvalue weighted by Crippen LogP contribution is -2.46. The molecular weight excluding hydrogens is 456 g/mol. The van der Waals surface area contributed by atoms with Crippen LogP contribution in [0.4, 0.5) is 14.6 Å². The molecule has 0 amide bonds. The van der Waals surface area contributed by atoms with Crippen LogP contribution in [0.1, 0.15) is 21.5 Å². The van der Waals surface area contributed by atoms with Crippen LogP contribution in [0, 0.1) is 0 Å². The Balaban J connectivity index is 1.35. The standard InChI is InChI=1S/C26H23F2N3O4/c27-26(28)35-21-6-2-1-5-17(21)15-22-24(33)18-8-9-20(32)19(25(18)34-22)16-30-11-13-31(14-12-30)23-7-3-4-10-29-23/h1-10,15,26,32H,11-14,16H2/b22-15-. The van der Waals surface area contributed by atoms with E-state index in [0.717, 1.165) is 32.0 Å². The number of hydrogen-bond donors (Lipinski definition) is 1. The Morgan fingerprint density at radius 2 is 1.83 bits per heavy atom. The summed E-state index contributed by atoms with van der Waals surface area (Å²) in [6.45, 7) is 0.450. The maximum Gasteiger partial charge on any atom is 0.387 e. The van der Waals surface area contributed by atoms with Crippen LogP contribution in [0.2, 0.25) is 0 Å². The van der Waals surface area contributed by atoms with Gasteiger partial charge in [-0.25, -0.2) is 4.98 Å². The molecule has 2 aliphatic rings. The molecule has 0 aliphatic carbocycles. The number of rotatable bonds is 6. The first kappa shape index (κ1) is 22.8. The van der Waals surface area contributed by atoms with E-state index in [4.69, 9.17) is 4.74 Å². The van der Waals surface area contributed by atoms with E-state index >= 15 is 0 Å². The molecule has 1 aromatic heterocycles. The summed E-state index contributed by atoms with van der Waals surface area (Å²) in [7, 11) is 0. The van der Waals surface area contributed by atoms with Gasteiger partial charge in [-0.3, -0.25) is 9.69 Å². The van der Waals surface area contributed by atoms with Crippen molar-refractivity contribution in [2.75, 3.05) is 31.1 Å². The number of ether oxygens (including phenoxy) is 2. The number of benzene rings is 2. The van der Waals surface area contributed by atoms with E-state index < -0.39 is 6.61 Å². The van der Waals surface area contributed by atoms with Gasteiger partial charge in [0.25, 0.3) is 0 Å². The number of allylic oxidation sites excluding steroid dienone is 1. The summed E-state index contributed by atoms with van der Waals surface area (Å²) in [4.78, 5) is 21.8. The Hall–Kier alpha value is -3.98. The molecule has 35 heavy (non-hydrogen) atoms. The monoisotopic (exact) mass is 479 g/mol. The number of piperazine rings is 1. The van der Waals surface area contributed by atoms with Gasteiger partial charge in [-0.05, 0) is 36.4 Å². The quantitative estimate of drug-likeness (QED) is 0.528. The van der Waals surface area contributed by atoms with Gasteiger partial charge in [0.05, 0.1) is 11.1 Å². The molecule has 1 saturated heterocycles. The highest BCUT2D eigenvalue weighted by Crippen LogP contribution is 2.40. The topological polar surface area (TPSA) is 75.1 Å². The number of carbonyl (C=O) groups excluding carboxylic acids is 1. The van der Waals surface area contributed by atoms with Crippen molar-refractivity contribution in [3.63, 3.8) is 0 Å². The zero-order valence-corrected chi connectivity index (χ0v) is 18.7. The van der Waals surface area contributed by atoms with E-state index in [1.54, 1.807) is 24.4 Å². The first-order valence-corrected chi connectivity index (χ1v) is 11.2. The molecule has 2 aliphatic heterocycles. The first-order chi connectivity index (χ1) is 17.0. The van der Waals surface area contributed by atoms with Crippen molar-refractivity contribution in [2.24, 2.45) is 0 Å². The normalized spacial score (nSPS) is 17.1. The van der Waals surface area contributed by atoms with E-state index in [1.165, 1.54) is 24.3 Å². The van der Waals surface area contributed by atoms with Gasteiger partial charge < -0.3 is 19.5 Å². The van der Waals surface area contributed by atoms with Crippen LogP contribution in [-0.4, -0.2) is 53.6 Å². The number of aromatic nitrogens is 1. The molecule has 180 valence electrons. The van der Waals surface area contributed by atoms with E-state index in [1.807, 2.05) is 18.2 Å². The lowest BCUT2D eigenvalue weighted by molar-refractivity contribution is -0.0499. The van der Waals surface area contributed by atoms with Crippen LogP contribution in [0.15, 0.2) is 66.6 Å². The molecule has 0 atom stereocenters. The highest BCUT2D eigenvalue weighted by molar-refractivity contribution is 6.15. The van der Waals surface area contributed by atoms with Crippen molar-refractivity contribution in [2.45, 2.75) is 13.2 Å². The smallest absolute Gasteiger partial charge is 0.387 e. The maximum absolute atomic E-state index is 13.0. The Bertz CT molecular complexity index is 1260. The number of fused-ring (bicyclic) bond motifs is 1. The third kappa shape index (κ3) is 4.81. The first-order valence-electron chi connectivity index (χ1n) is 11.2. The largest absolute Gasteiger partial charge is 0.507 e. The van der Waals surface area contributed by atoms with Crippen molar-refractivity contribution in [1.29, 1.82) is 0 Å². The molecule has 0 radical (unpaired) electrons. The summed E-state index contributed by atoms with van der Waals surface area (Å²) < 4.78 is 36.0. The number of para-hydroxylation sites is 1. The zero-order chi connectivity index (χ0) is 24.4. The predicted molar refractivity (Wildman–Crippen MR) is 126 cm³/mol. The fraction of sp³-hybridized carbons (Fsp3) is 0.231. The van der Waals surface area contributed by atoms with Crippen LogP contribution < -0.4 is 14.4 Å². The molecule has 9 heteroatoms. The number of pyridine rings is 1. The number of phenolic OH excluding ortho intramolecular Hbond substituents is 1. The Kier molecular flexibility index (Phi) is 6.33. The van der Waals surface area contributed by atoms with Crippen LogP contribution in [-0.2, 0) is 6.54 Å².